The van der Waals surface area contributed by atoms with E-state index in [1.54, 1.807) is 33.8 Å². The summed E-state index contributed by atoms with van der Waals surface area (Å²) in [7, 11) is 0. The number of rotatable bonds is 3. The van der Waals surface area contributed by atoms with Crippen molar-refractivity contribution in [1.29, 1.82) is 0 Å². The van der Waals surface area contributed by atoms with Gasteiger partial charge in [-0.3, -0.25) is 4.79 Å². The van der Waals surface area contributed by atoms with E-state index in [0.717, 1.165) is 0 Å². The smallest absolute Gasteiger partial charge is 0.358 e. The van der Waals surface area contributed by atoms with Crippen molar-refractivity contribution < 1.29 is 14.3 Å². The van der Waals surface area contributed by atoms with Gasteiger partial charge >= 0.3 is 5.97 Å². The maximum absolute atomic E-state index is 12.5. The Hall–Kier alpha value is -1.86. The van der Waals surface area contributed by atoms with Crippen LogP contribution in [0.1, 0.15) is 53.0 Å². The lowest BCUT2D eigenvalue weighted by molar-refractivity contribution is 0.00616. The number of hydrogen-bond donors (Lipinski definition) is 0. The van der Waals surface area contributed by atoms with Gasteiger partial charge in [0.1, 0.15) is 17.0 Å². The number of nitrogens with zero attached hydrogens (tertiary/aromatic N) is 3. The number of carbonyl (C=O) groups is 2. The standard InChI is InChI=1S/C16H15BrClN3O3/c1-8-7-11(20-21-14(8)18)13(22)10-6-5-9(17)12(19-10)15(23)24-16(2,3)4/h5-7H,1-4H3. The van der Waals surface area contributed by atoms with Crippen LogP contribution in [0.2, 0.25) is 5.15 Å². The van der Waals surface area contributed by atoms with Crippen LogP contribution in [0.5, 0.6) is 0 Å². The number of hydrogen-bond acceptors (Lipinski definition) is 6. The molecule has 0 bridgehead atoms. The highest BCUT2D eigenvalue weighted by molar-refractivity contribution is 9.10. The molecule has 2 aromatic heterocycles. The molecule has 0 aliphatic rings. The van der Waals surface area contributed by atoms with Gasteiger partial charge in [-0.25, -0.2) is 9.78 Å². The van der Waals surface area contributed by atoms with E-state index in [1.165, 1.54) is 12.1 Å². The molecule has 0 unspecified atom stereocenters. The van der Waals surface area contributed by atoms with Crippen molar-refractivity contribution in [2.45, 2.75) is 33.3 Å². The van der Waals surface area contributed by atoms with Crippen molar-refractivity contribution in [2.24, 2.45) is 0 Å². The zero-order valence-electron chi connectivity index (χ0n) is 13.6. The molecule has 0 saturated heterocycles. The second-order valence-electron chi connectivity index (χ2n) is 6.06. The Labute approximate surface area is 152 Å². The predicted octanol–water partition coefficient (Wildman–Crippen LogP) is 3.78. The second kappa shape index (κ2) is 6.94. The largest absolute Gasteiger partial charge is 0.455 e. The Morgan fingerprint density at radius 3 is 2.42 bits per heavy atom. The van der Waals surface area contributed by atoms with E-state index in [2.05, 4.69) is 31.1 Å². The Bertz CT molecular complexity index is 819. The molecule has 0 aliphatic heterocycles. The van der Waals surface area contributed by atoms with Gasteiger partial charge in [0.15, 0.2) is 10.8 Å². The lowest BCUT2D eigenvalue weighted by Gasteiger charge is -2.19. The highest BCUT2D eigenvalue weighted by atomic mass is 79.9. The molecule has 6 nitrogen and oxygen atoms in total. The van der Waals surface area contributed by atoms with Crippen LogP contribution >= 0.6 is 27.5 Å². The van der Waals surface area contributed by atoms with Gasteiger partial charge in [0, 0.05) is 0 Å². The SMILES string of the molecule is Cc1cc(C(=O)c2ccc(Br)c(C(=O)OC(C)(C)C)n2)nnc1Cl. The summed E-state index contributed by atoms with van der Waals surface area (Å²) in [6.45, 7) is 6.97. The maximum atomic E-state index is 12.5. The van der Waals surface area contributed by atoms with E-state index in [4.69, 9.17) is 16.3 Å². The van der Waals surface area contributed by atoms with Gasteiger partial charge in [0.05, 0.1) is 4.47 Å². The molecule has 2 heterocycles. The third-order valence-corrected chi connectivity index (χ3v) is 3.84. The number of ketones is 1. The van der Waals surface area contributed by atoms with Crippen LogP contribution in [-0.4, -0.2) is 32.5 Å². The molecule has 0 fully saturated rings. The van der Waals surface area contributed by atoms with Gasteiger partial charge in [-0.2, -0.15) is 0 Å². The first kappa shape index (κ1) is 18.5. The molecule has 24 heavy (non-hydrogen) atoms. The molecule has 0 N–H and O–H groups in total. The summed E-state index contributed by atoms with van der Waals surface area (Å²) in [5.41, 5.74) is 0.141. The lowest BCUT2D eigenvalue weighted by atomic mass is 10.1. The molecule has 0 aliphatic carbocycles. The topological polar surface area (TPSA) is 82.0 Å². The van der Waals surface area contributed by atoms with E-state index in [1.807, 2.05) is 0 Å². The molecule has 126 valence electrons. The van der Waals surface area contributed by atoms with Gasteiger partial charge in [0.25, 0.3) is 0 Å². The molecule has 0 atom stereocenters. The average Bonchev–Trinajstić information content (AvgIpc) is 2.48. The zero-order valence-corrected chi connectivity index (χ0v) is 15.9. The number of aromatic nitrogens is 3. The molecular formula is C16H15BrClN3O3. The number of carbonyl (C=O) groups excluding carboxylic acids is 2. The first-order valence-corrected chi connectivity index (χ1v) is 8.20. The van der Waals surface area contributed by atoms with Crippen LogP contribution in [-0.2, 0) is 4.74 Å². The fourth-order valence-corrected chi connectivity index (χ4v) is 2.23. The van der Waals surface area contributed by atoms with Crippen molar-refractivity contribution in [3.63, 3.8) is 0 Å². The summed E-state index contributed by atoms with van der Waals surface area (Å²) in [5, 5.41) is 7.71. The number of halogens is 2. The average molecular weight is 413 g/mol. The van der Waals surface area contributed by atoms with Gasteiger partial charge in [-0.15, -0.1) is 10.2 Å². The molecule has 0 aromatic carbocycles. The molecule has 0 saturated carbocycles. The quantitative estimate of drug-likeness (QED) is 0.563. The fourth-order valence-electron chi connectivity index (χ4n) is 1.75. The van der Waals surface area contributed by atoms with Crippen molar-refractivity contribution in [2.75, 3.05) is 0 Å². The highest BCUT2D eigenvalue weighted by Crippen LogP contribution is 2.20. The first-order valence-electron chi connectivity index (χ1n) is 7.03. The van der Waals surface area contributed by atoms with Crippen molar-refractivity contribution in [3.05, 3.63) is 50.5 Å². The summed E-state index contributed by atoms with van der Waals surface area (Å²) in [5.74, 6) is -1.08. The van der Waals surface area contributed by atoms with E-state index in [0.29, 0.717) is 10.0 Å². The Balaban J connectivity index is 2.38. The number of pyridine rings is 1. The molecule has 2 rings (SSSR count). The lowest BCUT2D eigenvalue weighted by Crippen LogP contribution is -2.25. The van der Waals surface area contributed by atoms with Gasteiger partial charge < -0.3 is 4.74 Å². The summed E-state index contributed by atoms with van der Waals surface area (Å²) in [6.07, 6.45) is 0. The van der Waals surface area contributed by atoms with Crippen molar-refractivity contribution >= 4 is 39.3 Å². The van der Waals surface area contributed by atoms with E-state index >= 15 is 0 Å². The van der Waals surface area contributed by atoms with Gasteiger partial charge in [-0.05, 0) is 67.4 Å². The molecule has 0 radical (unpaired) electrons. The molecular weight excluding hydrogens is 398 g/mol. The van der Waals surface area contributed by atoms with Gasteiger partial charge in [-0.1, -0.05) is 11.6 Å². The first-order chi connectivity index (χ1) is 11.1. The monoisotopic (exact) mass is 411 g/mol. The van der Waals surface area contributed by atoms with E-state index in [9.17, 15) is 9.59 Å². The summed E-state index contributed by atoms with van der Waals surface area (Å²) in [4.78, 5) is 28.8. The number of esters is 1. The van der Waals surface area contributed by atoms with Crippen LogP contribution in [0, 0.1) is 6.92 Å². The number of aryl methyl sites for hydroxylation is 1. The third kappa shape index (κ3) is 4.36. The Kier molecular flexibility index (Phi) is 5.35. The van der Waals surface area contributed by atoms with E-state index < -0.39 is 17.4 Å². The molecule has 0 spiro atoms. The highest BCUT2D eigenvalue weighted by Gasteiger charge is 2.23. The number of ether oxygens (including phenoxy) is 1. The van der Waals surface area contributed by atoms with Crippen LogP contribution in [0.15, 0.2) is 22.7 Å². The minimum atomic E-state index is -0.670. The predicted molar refractivity (Wildman–Crippen MR) is 92.3 cm³/mol. The summed E-state index contributed by atoms with van der Waals surface area (Å²) < 4.78 is 5.73. The van der Waals surface area contributed by atoms with Crippen LogP contribution in [0.4, 0.5) is 0 Å². The Morgan fingerprint density at radius 2 is 1.83 bits per heavy atom. The Morgan fingerprint density at radius 1 is 1.17 bits per heavy atom. The second-order valence-corrected chi connectivity index (χ2v) is 7.27. The minimum Gasteiger partial charge on any atom is -0.455 e. The van der Waals surface area contributed by atoms with Crippen LogP contribution in [0.3, 0.4) is 0 Å². The maximum Gasteiger partial charge on any atom is 0.358 e. The van der Waals surface area contributed by atoms with Crippen molar-refractivity contribution in [1.82, 2.24) is 15.2 Å². The summed E-state index contributed by atoms with van der Waals surface area (Å²) in [6, 6.07) is 4.58. The van der Waals surface area contributed by atoms with Gasteiger partial charge in [0.2, 0.25) is 5.78 Å². The molecule has 2 aromatic rings. The zero-order chi connectivity index (χ0) is 18.1. The van der Waals surface area contributed by atoms with Crippen LogP contribution < -0.4 is 0 Å². The minimum absolute atomic E-state index is 0.0226. The fraction of sp³-hybridized carbons (Fsp3) is 0.312. The normalized spacial score (nSPS) is 11.2. The van der Waals surface area contributed by atoms with Crippen LogP contribution in [0.25, 0.3) is 0 Å². The van der Waals surface area contributed by atoms with Crippen molar-refractivity contribution in [3.8, 4) is 0 Å². The molecule has 0 amide bonds. The van der Waals surface area contributed by atoms with E-state index in [-0.39, 0.29) is 22.2 Å². The molecule has 8 heteroatoms. The third-order valence-electron chi connectivity index (χ3n) is 2.83. The summed E-state index contributed by atoms with van der Waals surface area (Å²) >= 11 is 9.06.